The van der Waals surface area contributed by atoms with Crippen molar-refractivity contribution in [1.29, 1.82) is 0 Å². The number of nitrogens with zero attached hydrogens (tertiary/aromatic N) is 3. The van der Waals surface area contributed by atoms with Gasteiger partial charge < -0.3 is 20.3 Å². The Bertz CT molecular complexity index is 703. The van der Waals surface area contributed by atoms with Gasteiger partial charge in [-0.15, -0.1) is 35.3 Å². The van der Waals surface area contributed by atoms with Crippen LogP contribution in [-0.4, -0.2) is 49.6 Å². The van der Waals surface area contributed by atoms with Gasteiger partial charge in [0.05, 0.1) is 19.7 Å². The number of halogens is 1. The Hall–Kier alpha value is -1.39. The van der Waals surface area contributed by atoms with Crippen LogP contribution in [0.25, 0.3) is 0 Å². The molecule has 28 heavy (non-hydrogen) atoms. The summed E-state index contributed by atoms with van der Waals surface area (Å²) in [5, 5.41) is 7.67. The van der Waals surface area contributed by atoms with Gasteiger partial charge in [0, 0.05) is 24.2 Å². The molecule has 0 saturated heterocycles. The number of ether oxygens (including phenoxy) is 1. The molecule has 2 N–H and O–H groups in total. The van der Waals surface area contributed by atoms with Crippen LogP contribution in [0.1, 0.15) is 28.8 Å². The van der Waals surface area contributed by atoms with Crippen LogP contribution in [0, 0.1) is 6.92 Å². The Morgan fingerprint density at radius 3 is 2.57 bits per heavy atom. The lowest BCUT2D eigenvalue weighted by Crippen LogP contribution is -2.36. The number of hydrogen-bond donors (Lipinski definition) is 2. The summed E-state index contributed by atoms with van der Waals surface area (Å²) < 4.78 is 5.77. The van der Waals surface area contributed by atoms with Crippen molar-refractivity contribution < 1.29 is 4.74 Å². The SMILES string of the molecule is CCNC(=NCc1ccc(OCCCN(C)C)cc1)NCc1ncc(C)s1.I. The molecule has 0 radical (unpaired) electrons. The van der Waals surface area contributed by atoms with Gasteiger partial charge in [-0.25, -0.2) is 9.98 Å². The lowest BCUT2D eigenvalue weighted by molar-refractivity contribution is 0.281. The van der Waals surface area contributed by atoms with Gasteiger partial charge in [-0.1, -0.05) is 12.1 Å². The topological polar surface area (TPSA) is 61.8 Å². The number of hydrogen-bond acceptors (Lipinski definition) is 5. The predicted molar refractivity (Wildman–Crippen MR) is 129 cm³/mol. The van der Waals surface area contributed by atoms with E-state index in [4.69, 9.17) is 4.74 Å². The maximum atomic E-state index is 5.77. The monoisotopic (exact) mass is 517 g/mol. The Kier molecular flexibility index (Phi) is 12.1. The number of aromatic nitrogens is 1. The van der Waals surface area contributed by atoms with Crippen LogP contribution < -0.4 is 15.4 Å². The molecule has 0 atom stereocenters. The zero-order valence-corrected chi connectivity index (χ0v) is 20.3. The molecule has 0 fully saturated rings. The van der Waals surface area contributed by atoms with E-state index >= 15 is 0 Å². The minimum atomic E-state index is 0. The zero-order chi connectivity index (χ0) is 19.5. The first kappa shape index (κ1) is 24.6. The van der Waals surface area contributed by atoms with Crippen LogP contribution >= 0.6 is 35.3 Å². The van der Waals surface area contributed by atoms with E-state index in [1.54, 1.807) is 11.3 Å². The van der Waals surface area contributed by atoms with Crippen molar-refractivity contribution in [3.8, 4) is 5.75 Å². The molecule has 6 nitrogen and oxygen atoms in total. The molecule has 0 saturated carbocycles. The largest absolute Gasteiger partial charge is 0.494 e. The second kappa shape index (κ2) is 13.7. The number of aryl methyl sites for hydroxylation is 1. The quantitative estimate of drug-likeness (QED) is 0.218. The lowest BCUT2D eigenvalue weighted by atomic mass is 10.2. The van der Waals surface area contributed by atoms with Crippen LogP contribution in [0.15, 0.2) is 35.5 Å². The van der Waals surface area contributed by atoms with Crippen molar-refractivity contribution in [3.63, 3.8) is 0 Å². The summed E-state index contributed by atoms with van der Waals surface area (Å²) in [7, 11) is 4.15. The van der Waals surface area contributed by atoms with Gasteiger partial charge in [0.15, 0.2) is 5.96 Å². The molecule has 1 aromatic carbocycles. The normalized spacial score (nSPS) is 11.2. The van der Waals surface area contributed by atoms with Crippen molar-refractivity contribution in [2.75, 3.05) is 33.8 Å². The molecular weight excluding hydrogens is 485 g/mol. The molecule has 0 unspecified atom stereocenters. The predicted octanol–water partition coefficient (Wildman–Crippen LogP) is 3.66. The molecule has 1 aromatic heterocycles. The highest BCUT2D eigenvalue weighted by Crippen LogP contribution is 2.13. The molecule has 0 aliphatic carbocycles. The highest BCUT2D eigenvalue weighted by molar-refractivity contribution is 14.0. The Morgan fingerprint density at radius 1 is 1.21 bits per heavy atom. The summed E-state index contributed by atoms with van der Waals surface area (Å²) in [6.07, 6.45) is 2.92. The minimum Gasteiger partial charge on any atom is -0.494 e. The molecule has 0 aliphatic heterocycles. The highest BCUT2D eigenvalue weighted by atomic mass is 127. The molecule has 0 aliphatic rings. The second-order valence-corrected chi connectivity index (χ2v) is 7.88. The van der Waals surface area contributed by atoms with Crippen LogP contribution in [0.4, 0.5) is 0 Å². The first-order chi connectivity index (χ1) is 13.1. The molecule has 0 bridgehead atoms. The van der Waals surface area contributed by atoms with Crippen molar-refractivity contribution in [3.05, 3.63) is 45.9 Å². The van der Waals surface area contributed by atoms with Crippen molar-refractivity contribution in [1.82, 2.24) is 20.5 Å². The average Bonchev–Trinajstić information content (AvgIpc) is 3.07. The summed E-state index contributed by atoms with van der Waals surface area (Å²) in [4.78, 5) is 12.4. The van der Waals surface area contributed by atoms with Crippen LogP contribution in [0.5, 0.6) is 5.75 Å². The van der Waals surface area contributed by atoms with Crippen LogP contribution in [0.3, 0.4) is 0 Å². The fraction of sp³-hybridized carbons (Fsp3) is 0.500. The molecule has 0 spiro atoms. The third-order valence-electron chi connectivity index (χ3n) is 3.78. The van der Waals surface area contributed by atoms with E-state index in [9.17, 15) is 0 Å². The van der Waals surface area contributed by atoms with E-state index < -0.39 is 0 Å². The van der Waals surface area contributed by atoms with Gasteiger partial charge in [0.25, 0.3) is 0 Å². The van der Waals surface area contributed by atoms with Gasteiger partial charge in [-0.3, -0.25) is 0 Å². The molecular formula is C20H32IN5OS. The van der Waals surface area contributed by atoms with E-state index in [0.717, 1.165) is 48.4 Å². The second-order valence-electron chi connectivity index (χ2n) is 6.56. The maximum Gasteiger partial charge on any atom is 0.191 e. The van der Waals surface area contributed by atoms with Crippen molar-refractivity contribution in [2.45, 2.75) is 33.4 Å². The summed E-state index contributed by atoms with van der Waals surface area (Å²) in [6, 6.07) is 8.16. The minimum absolute atomic E-state index is 0. The van der Waals surface area contributed by atoms with E-state index in [0.29, 0.717) is 13.1 Å². The Labute approximate surface area is 189 Å². The van der Waals surface area contributed by atoms with E-state index in [1.807, 2.05) is 18.3 Å². The van der Waals surface area contributed by atoms with Gasteiger partial charge in [0.1, 0.15) is 10.8 Å². The van der Waals surface area contributed by atoms with Gasteiger partial charge >= 0.3 is 0 Å². The van der Waals surface area contributed by atoms with E-state index in [1.165, 1.54) is 4.88 Å². The summed E-state index contributed by atoms with van der Waals surface area (Å²) >= 11 is 1.70. The fourth-order valence-electron chi connectivity index (χ4n) is 2.42. The summed E-state index contributed by atoms with van der Waals surface area (Å²) in [5.74, 6) is 1.71. The molecule has 8 heteroatoms. The molecule has 2 aromatic rings. The molecule has 1 heterocycles. The molecule has 0 amide bonds. The van der Waals surface area contributed by atoms with Crippen LogP contribution in [0.2, 0.25) is 0 Å². The number of aliphatic imine (C=N–C) groups is 1. The first-order valence-corrected chi connectivity index (χ1v) is 10.2. The van der Waals surface area contributed by atoms with E-state index in [2.05, 4.69) is 65.6 Å². The summed E-state index contributed by atoms with van der Waals surface area (Å²) in [6.45, 7) is 8.02. The summed E-state index contributed by atoms with van der Waals surface area (Å²) in [5.41, 5.74) is 1.15. The van der Waals surface area contributed by atoms with Crippen molar-refractivity contribution >= 4 is 41.3 Å². The number of rotatable bonds is 10. The average molecular weight is 517 g/mol. The lowest BCUT2D eigenvalue weighted by Gasteiger charge is -2.11. The smallest absolute Gasteiger partial charge is 0.191 e. The standard InChI is InChI=1S/C20H31N5OS.HI/c1-5-21-20(24-15-19-22-13-16(2)27-19)23-14-17-7-9-18(10-8-17)26-12-6-11-25(3)4;/h7-10,13H,5-6,11-12,14-15H2,1-4H3,(H2,21,23,24);1H. The Balaban J connectivity index is 0.00000392. The van der Waals surface area contributed by atoms with Gasteiger partial charge in [-0.2, -0.15) is 0 Å². The molecule has 156 valence electrons. The maximum absolute atomic E-state index is 5.77. The number of nitrogens with one attached hydrogen (secondary N) is 2. The third-order valence-corrected chi connectivity index (χ3v) is 4.69. The number of guanidine groups is 1. The number of benzene rings is 1. The zero-order valence-electron chi connectivity index (χ0n) is 17.2. The van der Waals surface area contributed by atoms with Crippen molar-refractivity contribution in [2.24, 2.45) is 4.99 Å². The van der Waals surface area contributed by atoms with Gasteiger partial charge in [0.2, 0.25) is 0 Å². The fourth-order valence-corrected chi connectivity index (χ4v) is 3.14. The van der Waals surface area contributed by atoms with E-state index in [-0.39, 0.29) is 24.0 Å². The number of thiazole rings is 1. The Morgan fingerprint density at radius 2 is 1.96 bits per heavy atom. The van der Waals surface area contributed by atoms with Crippen LogP contribution in [-0.2, 0) is 13.1 Å². The highest BCUT2D eigenvalue weighted by Gasteiger charge is 2.02. The third kappa shape index (κ3) is 9.70. The molecule has 2 rings (SSSR count). The van der Waals surface area contributed by atoms with Gasteiger partial charge in [-0.05, 0) is 52.1 Å². The first-order valence-electron chi connectivity index (χ1n) is 9.36.